The lowest BCUT2D eigenvalue weighted by Crippen LogP contribution is -2.24. The summed E-state index contributed by atoms with van der Waals surface area (Å²) in [6.07, 6.45) is -3.90. The fourth-order valence-electron chi connectivity index (χ4n) is 1.40. The van der Waals surface area contributed by atoms with E-state index >= 15 is 0 Å². The molecule has 0 aliphatic rings. The molecule has 21 heavy (non-hydrogen) atoms. The summed E-state index contributed by atoms with van der Waals surface area (Å²) in [4.78, 5) is 4.04. The van der Waals surface area contributed by atoms with Crippen molar-refractivity contribution in [2.24, 2.45) is 16.6 Å². The number of aliphatic imine (C=N–C) groups is 1. The molecule has 0 amide bonds. The summed E-state index contributed by atoms with van der Waals surface area (Å²) in [5.74, 6) is 0.193. The van der Waals surface area contributed by atoms with Crippen molar-refractivity contribution >= 4 is 35.6 Å². The van der Waals surface area contributed by atoms with Gasteiger partial charge in [-0.3, -0.25) is 4.99 Å². The lowest BCUT2D eigenvalue weighted by atomic mass is 10.1. The van der Waals surface area contributed by atoms with Crippen molar-refractivity contribution in [3.05, 3.63) is 24.3 Å². The van der Waals surface area contributed by atoms with Crippen LogP contribution in [0.5, 0.6) is 5.75 Å². The van der Waals surface area contributed by atoms with Crippen molar-refractivity contribution < 1.29 is 17.9 Å². The Kier molecular flexibility index (Phi) is 8.45. The molecule has 0 aliphatic heterocycles. The van der Waals surface area contributed by atoms with E-state index in [4.69, 9.17) is 5.73 Å². The number of anilines is 1. The number of hydrogen-bond donors (Lipinski definition) is 2. The number of para-hydroxylation sites is 2. The molecule has 1 aromatic rings. The Labute approximate surface area is 139 Å². The molecule has 0 unspecified atom stereocenters. The number of nitrogens with two attached hydrogens (primary N) is 1. The van der Waals surface area contributed by atoms with Gasteiger partial charge in [0.15, 0.2) is 11.7 Å². The standard InChI is InChI=1S/C13H18F3N3O.HI/c1-9(2)7-8-18-12(17)19-10-5-3-4-6-11(10)20-13(14,15)16;/h3-6,9H,7-8H2,1-2H3,(H3,17,18,19);1H. The van der Waals surface area contributed by atoms with Crippen LogP contribution in [0.2, 0.25) is 0 Å². The maximum absolute atomic E-state index is 12.2. The quantitative estimate of drug-likeness (QED) is 0.433. The first-order valence-corrected chi connectivity index (χ1v) is 6.19. The number of nitrogens with one attached hydrogen (secondary N) is 1. The number of guanidine groups is 1. The Bertz CT molecular complexity index is 464. The van der Waals surface area contributed by atoms with E-state index in [1.54, 1.807) is 6.07 Å². The van der Waals surface area contributed by atoms with Crippen molar-refractivity contribution in [2.45, 2.75) is 26.6 Å². The summed E-state index contributed by atoms with van der Waals surface area (Å²) in [6, 6.07) is 5.66. The SMILES string of the molecule is CC(C)CCN=C(N)Nc1ccccc1OC(F)(F)F.I. The van der Waals surface area contributed by atoms with Crippen LogP contribution in [0.3, 0.4) is 0 Å². The topological polar surface area (TPSA) is 59.6 Å². The molecule has 1 aromatic carbocycles. The zero-order valence-corrected chi connectivity index (χ0v) is 14.1. The number of alkyl halides is 3. The Morgan fingerprint density at radius 3 is 2.52 bits per heavy atom. The van der Waals surface area contributed by atoms with Crippen LogP contribution in [0, 0.1) is 5.92 Å². The summed E-state index contributed by atoms with van der Waals surface area (Å²) in [5, 5.41) is 2.61. The molecule has 0 radical (unpaired) electrons. The third kappa shape index (κ3) is 8.64. The highest BCUT2D eigenvalue weighted by Crippen LogP contribution is 2.29. The van der Waals surface area contributed by atoms with Gasteiger partial charge < -0.3 is 15.8 Å². The molecule has 0 aliphatic carbocycles. The van der Waals surface area contributed by atoms with Crippen molar-refractivity contribution in [3.8, 4) is 5.75 Å². The van der Waals surface area contributed by atoms with Crippen LogP contribution in [-0.4, -0.2) is 18.9 Å². The minimum atomic E-state index is -4.75. The highest BCUT2D eigenvalue weighted by atomic mass is 127. The van der Waals surface area contributed by atoms with Gasteiger partial charge in [-0.15, -0.1) is 37.1 Å². The van der Waals surface area contributed by atoms with Crippen LogP contribution in [0.15, 0.2) is 29.3 Å². The second kappa shape index (κ2) is 8.96. The monoisotopic (exact) mass is 417 g/mol. The van der Waals surface area contributed by atoms with E-state index in [0.717, 1.165) is 6.42 Å². The average molecular weight is 417 g/mol. The number of ether oxygens (including phenoxy) is 1. The lowest BCUT2D eigenvalue weighted by Gasteiger charge is -2.14. The molecular formula is C13H19F3IN3O. The molecule has 8 heteroatoms. The van der Waals surface area contributed by atoms with Crippen LogP contribution >= 0.6 is 24.0 Å². The molecule has 0 bridgehead atoms. The molecule has 0 spiro atoms. The van der Waals surface area contributed by atoms with Gasteiger partial charge in [0.1, 0.15) is 0 Å². The number of rotatable bonds is 5. The highest BCUT2D eigenvalue weighted by molar-refractivity contribution is 14.0. The smallest absolute Gasteiger partial charge is 0.404 e. The summed E-state index contributed by atoms with van der Waals surface area (Å²) in [5.41, 5.74) is 5.75. The second-order valence-electron chi connectivity index (χ2n) is 4.62. The number of halogens is 4. The van der Waals surface area contributed by atoms with Gasteiger partial charge in [0, 0.05) is 6.54 Å². The molecular weight excluding hydrogens is 398 g/mol. The molecule has 0 aromatic heterocycles. The first-order chi connectivity index (χ1) is 9.28. The minimum absolute atomic E-state index is 0. The molecule has 0 atom stereocenters. The normalized spacial score (nSPS) is 12.0. The zero-order chi connectivity index (χ0) is 15.2. The molecule has 1 rings (SSSR count). The molecule has 0 fully saturated rings. The van der Waals surface area contributed by atoms with Crippen LogP contribution in [0.1, 0.15) is 20.3 Å². The summed E-state index contributed by atoms with van der Waals surface area (Å²) >= 11 is 0. The number of benzene rings is 1. The third-order valence-corrected chi connectivity index (χ3v) is 2.36. The van der Waals surface area contributed by atoms with E-state index < -0.39 is 6.36 Å². The van der Waals surface area contributed by atoms with Crippen LogP contribution in [-0.2, 0) is 0 Å². The Hall–Kier alpha value is -1.19. The number of nitrogens with zero attached hydrogens (tertiary/aromatic N) is 1. The van der Waals surface area contributed by atoms with Gasteiger partial charge in [0.05, 0.1) is 5.69 Å². The predicted molar refractivity (Wildman–Crippen MR) is 88.1 cm³/mol. The second-order valence-corrected chi connectivity index (χ2v) is 4.62. The van der Waals surface area contributed by atoms with Gasteiger partial charge in [-0.2, -0.15) is 0 Å². The Morgan fingerprint density at radius 2 is 1.95 bits per heavy atom. The average Bonchev–Trinajstić information content (AvgIpc) is 2.29. The first-order valence-electron chi connectivity index (χ1n) is 6.19. The maximum Gasteiger partial charge on any atom is 0.573 e. The predicted octanol–water partition coefficient (Wildman–Crippen LogP) is 3.98. The fourth-order valence-corrected chi connectivity index (χ4v) is 1.40. The van der Waals surface area contributed by atoms with E-state index in [2.05, 4.69) is 15.0 Å². The van der Waals surface area contributed by atoms with Crippen molar-refractivity contribution in [1.82, 2.24) is 0 Å². The fraction of sp³-hybridized carbons (Fsp3) is 0.462. The minimum Gasteiger partial charge on any atom is -0.404 e. The van der Waals surface area contributed by atoms with Gasteiger partial charge in [0.2, 0.25) is 0 Å². The molecule has 0 heterocycles. The van der Waals surface area contributed by atoms with Crippen molar-refractivity contribution in [1.29, 1.82) is 0 Å². The summed E-state index contributed by atoms with van der Waals surface area (Å²) in [6.45, 7) is 4.61. The van der Waals surface area contributed by atoms with E-state index in [-0.39, 0.29) is 41.4 Å². The third-order valence-electron chi connectivity index (χ3n) is 2.36. The molecule has 0 saturated heterocycles. The number of hydrogen-bond acceptors (Lipinski definition) is 2. The first kappa shape index (κ1) is 19.8. The van der Waals surface area contributed by atoms with E-state index in [0.29, 0.717) is 12.5 Å². The summed E-state index contributed by atoms with van der Waals surface area (Å²) < 4.78 is 40.6. The van der Waals surface area contributed by atoms with Gasteiger partial charge in [-0.1, -0.05) is 26.0 Å². The van der Waals surface area contributed by atoms with Crippen LogP contribution in [0.25, 0.3) is 0 Å². The van der Waals surface area contributed by atoms with Crippen molar-refractivity contribution in [2.75, 3.05) is 11.9 Å². The molecule has 0 saturated carbocycles. The zero-order valence-electron chi connectivity index (χ0n) is 11.8. The Balaban J connectivity index is 0.00000400. The van der Waals surface area contributed by atoms with Crippen molar-refractivity contribution in [3.63, 3.8) is 0 Å². The van der Waals surface area contributed by atoms with Gasteiger partial charge in [-0.05, 0) is 24.5 Å². The van der Waals surface area contributed by atoms with Gasteiger partial charge >= 0.3 is 6.36 Å². The molecule has 4 nitrogen and oxygen atoms in total. The largest absolute Gasteiger partial charge is 0.573 e. The Morgan fingerprint density at radius 1 is 1.33 bits per heavy atom. The summed E-state index contributed by atoms with van der Waals surface area (Å²) in [7, 11) is 0. The van der Waals surface area contributed by atoms with Gasteiger partial charge in [0.25, 0.3) is 0 Å². The molecule has 3 N–H and O–H groups in total. The van der Waals surface area contributed by atoms with Crippen LogP contribution in [0.4, 0.5) is 18.9 Å². The van der Waals surface area contributed by atoms with Gasteiger partial charge in [-0.25, -0.2) is 0 Å². The van der Waals surface area contributed by atoms with E-state index in [1.807, 2.05) is 13.8 Å². The molecule has 120 valence electrons. The lowest BCUT2D eigenvalue weighted by molar-refractivity contribution is -0.274. The highest BCUT2D eigenvalue weighted by Gasteiger charge is 2.32. The van der Waals surface area contributed by atoms with E-state index in [9.17, 15) is 13.2 Å². The maximum atomic E-state index is 12.2. The van der Waals surface area contributed by atoms with E-state index in [1.165, 1.54) is 18.2 Å². The van der Waals surface area contributed by atoms with Crippen LogP contribution < -0.4 is 15.8 Å².